The predicted octanol–water partition coefficient (Wildman–Crippen LogP) is 3.17. The van der Waals surface area contributed by atoms with Gasteiger partial charge in [0.15, 0.2) is 11.1 Å². The maximum Gasteiger partial charge on any atom is 0.312 e. The molecule has 1 atom stereocenters. The summed E-state index contributed by atoms with van der Waals surface area (Å²) in [6.45, 7) is 1.50. The van der Waals surface area contributed by atoms with Crippen molar-refractivity contribution in [2.24, 2.45) is 0 Å². The van der Waals surface area contributed by atoms with Gasteiger partial charge in [0, 0.05) is 22.8 Å². The molecular weight excluding hydrogens is 378 g/mol. The lowest BCUT2D eigenvalue weighted by Crippen LogP contribution is -2.30. The monoisotopic (exact) mass is 393 g/mol. The van der Waals surface area contributed by atoms with Crippen molar-refractivity contribution in [1.29, 1.82) is 0 Å². The van der Waals surface area contributed by atoms with E-state index in [2.05, 4.69) is 10.3 Å². The largest absolute Gasteiger partial charge is 0.495 e. The Morgan fingerprint density at radius 1 is 1.42 bits per heavy atom. The van der Waals surface area contributed by atoms with E-state index in [1.807, 2.05) is 16.0 Å². The fourth-order valence-electron chi connectivity index (χ4n) is 2.31. The number of carbonyl (C=O) groups is 2. The van der Waals surface area contributed by atoms with Gasteiger partial charge in [0.05, 0.1) is 24.9 Å². The molecule has 3 aromatic rings. The van der Waals surface area contributed by atoms with Crippen molar-refractivity contribution in [2.75, 3.05) is 12.4 Å². The fraction of sp³-hybridized carbons (Fsp3) is 0.235. The van der Waals surface area contributed by atoms with Crippen molar-refractivity contribution in [1.82, 2.24) is 9.38 Å². The van der Waals surface area contributed by atoms with Crippen molar-refractivity contribution < 1.29 is 19.1 Å². The summed E-state index contributed by atoms with van der Waals surface area (Å²) in [5.74, 6) is -0.555. The van der Waals surface area contributed by atoms with Gasteiger partial charge in [-0.3, -0.25) is 14.0 Å². The van der Waals surface area contributed by atoms with E-state index in [4.69, 9.17) is 21.1 Å². The van der Waals surface area contributed by atoms with Crippen molar-refractivity contribution in [3.05, 3.63) is 46.7 Å². The number of ether oxygens (including phenoxy) is 2. The van der Waals surface area contributed by atoms with Gasteiger partial charge < -0.3 is 14.8 Å². The quantitative estimate of drug-likeness (QED) is 0.650. The number of rotatable bonds is 6. The van der Waals surface area contributed by atoms with Crippen molar-refractivity contribution >= 4 is 45.5 Å². The molecule has 26 heavy (non-hydrogen) atoms. The smallest absolute Gasteiger partial charge is 0.312 e. The molecule has 1 amide bonds. The number of fused-ring (bicyclic) bond motifs is 1. The number of esters is 1. The van der Waals surface area contributed by atoms with Gasteiger partial charge in [0.2, 0.25) is 0 Å². The van der Waals surface area contributed by atoms with Gasteiger partial charge in [-0.1, -0.05) is 11.6 Å². The minimum atomic E-state index is -0.977. The van der Waals surface area contributed by atoms with Crippen LogP contribution in [0.25, 0.3) is 4.96 Å². The van der Waals surface area contributed by atoms with Gasteiger partial charge in [-0.05, 0) is 25.1 Å². The minimum absolute atomic E-state index is 0.00743. The molecule has 0 saturated carbocycles. The first-order chi connectivity index (χ1) is 12.5. The molecule has 0 unspecified atom stereocenters. The molecule has 9 heteroatoms. The molecule has 2 aromatic heterocycles. The van der Waals surface area contributed by atoms with Crippen LogP contribution in [0.1, 0.15) is 12.6 Å². The van der Waals surface area contributed by atoms with E-state index < -0.39 is 18.0 Å². The first kappa shape index (κ1) is 18.2. The highest BCUT2D eigenvalue weighted by molar-refractivity contribution is 7.15. The maximum absolute atomic E-state index is 12.3. The second-order valence-corrected chi connectivity index (χ2v) is 6.78. The minimum Gasteiger partial charge on any atom is -0.495 e. The maximum atomic E-state index is 12.3. The lowest BCUT2D eigenvalue weighted by molar-refractivity contribution is -0.152. The number of amides is 1. The Bertz CT molecular complexity index is 924. The van der Waals surface area contributed by atoms with Crippen LogP contribution in [0.3, 0.4) is 0 Å². The number of methoxy groups -OCH3 is 1. The molecular formula is C17H16ClN3O4S. The Labute approximate surface area is 158 Å². The lowest BCUT2D eigenvalue weighted by Gasteiger charge is -2.15. The zero-order valence-corrected chi connectivity index (χ0v) is 15.6. The topological polar surface area (TPSA) is 81.9 Å². The summed E-state index contributed by atoms with van der Waals surface area (Å²) in [6.07, 6.45) is 2.63. The number of imidazole rings is 1. The molecule has 0 bridgehead atoms. The van der Waals surface area contributed by atoms with E-state index in [0.29, 0.717) is 22.2 Å². The molecule has 0 spiro atoms. The van der Waals surface area contributed by atoms with Crippen molar-refractivity contribution in [3.63, 3.8) is 0 Å². The summed E-state index contributed by atoms with van der Waals surface area (Å²) in [4.78, 5) is 29.4. The number of nitrogens with one attached hydrogen (secondary N) is 1. The van der Waals surface area contributed by atoms with E-state index in [1.165, 1.54) is 25.4 Å². The number of hydrogen-bond donors (Lipinski definition) is 1. The van der Waals surface area contributed by atoms with Crippen LogP contribution in [-0.2, 0) is 20.7 Å². The van der Waals surface area contributed by atoms with Crippen LogP contribution in [0.4, 0.5) is 5.69 Å². The SMILES string of the molecule is COc1ccc(Cl)cc1NC(=O)[C@H](C)OC(=O)Cc1cn2ccsc2n1. The zero-order chi connectivity index (χ0) is 18.7. The van der Waals surface area contributed by atoms with Crippen LogP contribution in [0.15, 0.2) is 36.0 Å². The average Bonchev–Trinajstić information content (AvgIpc) is 3.16. The van der Waals surface area contributed by atoms with Gasteiger partial charge in [0.25, 0.3) is 5.91 Å². The van der Waals surface area contributed by atoms with Gasteiger partial charge in [-0.2, -0.15) is 0 Å². The highest BCUT2D eigenvalue weighted by Gasteiger charge is 2.20. The van der Waals surface area contributed by atoms with Crippen molar-refractivity contribution in [3.8, 4) is 5.75 Å². The number of hydrogen-bond acceptors (Lipinski definition) is 6. The second kappa shape index (κ2) is 7.76. The first-order valence-electron chi connectivity index (χ1n) is 7.71. The van der Waals surface area contributed by atoms with E-state index in [1.54, 1.807) is 24.4 Å². The van der Waals surface area contributed by atoms with E-state index in [0.717, 1.165) is 4.96 Å². The van der Waals surface area contributed by atoms with Crippen molar-refractivity contribution in [2.45, 2.75) is 19.4 Å². The van der Waals surface area contributed by atoms with E-state index in [9.17, 15) is 9.59 Å². The number of benzene rings is 1. The second-order valence-electron chi connectivity index (χ2n) is 5.47. The Morgan fingerprint density at radius 2 is 2.23 bits per heavy atom. The summed E-state index contributed by atoms with van der Waals surface area (Å²) >= 11 is 7.41. The fourth-order valence-corrected chi connectivity index (χ4v) is 3.20. The molecule has 136 valence electrons. The summed E-state index contributed by atoms with van der Waals surface area (Å²) in [5, 5.41) is 5.00. The molecule has 7 nitrogen and oxygen atoms in total. The molecule has 0 saturated heterocycles. The molecule has 0 fully saturated rings. The Hall–Kier alpha value is -2.58. The van der Waals surface area contributed by atoms with Crippen LogP contribution >= 0.6 is 22.9 Å². The van der Waals surface area contributed by atoms with E-state index in [-0.39, 0.29) is 6.42 Å². The van der Waals surface area contributed by atoms with Crippen LogP contribution in [0, 0.1) is 0 Å². The standard InChI is InChI=1S/C17H16ClN3O4S/c1-10(16(23)20-13-7-11(18)3-4-14(13)24-2)25-15(22)8-12-9-21-5-6-26-17(21)19-12/h3-7,9-10H,8H2,1-2H3,(H,20,23)/t10-/m0/s1. The normalized spacial score (nSPS) is 12.0. The Balaban J connectivity index is 1.59. The molecule has 3 rings (SSSR count). The summed E-state index contributed by atoms with van der Waals surface area (Å²) in [6, 6.07) is 4.85. The first-order valence-corrected chi connectivity index (χ1v) is 8.97. The zero-order valence-electron chi connectivity index (χ0n) is 14.1. The molecule has 0 radical (unpaired) electrons. The lowest BCUT2D eigenvalue weighted by atomic mass is 10.2. The average molecular weight is 394 g/mol. The predicted molar refractivity (Wildman–Crippen MR) is 99.0 cm³/mol. The molecule has 0 aliphatic carbocycles. The van der Waals surface area contributed by atoms with Gasteiger partial charge >= 0.3 is 5.97 Å². The summed E-state index contributed by atoms with van der Waals surface area (Å²) < 4.78 is 12.2. The third-order valence-corrected chi connectivity index (χ3v) is 4.57. The molecule has 0 aliphatic rings. The van der Waals surface area contributed by atoms with Crippen LogP contribution in [-0.4, -0.2) is 34.5 Å². The van der Waals surface area contributed by atoms with Crippen LogP contribution < -0.4 is 10.1 Å². The highest BCUT2D eigenvalue weighted by Crippen LogP contribution is 2.27. The third-order valence-electron chi connectivity index (χ3n) is 3.57. The summed E-state index contributed by atoms with van der Waals surface area (Å²) in [7, 11) is 1.48. The highest BCUT2D eigenvalue weighted by atomic mass is 35.5. The summed E-state index contributed by atoms with van der Waals surface area (Å²) in [5.41, 5.74) is 0.994. The molecule has 0 aliphatic heterocycles. The van der Waals surface area contributed by atoms with E-state index >= 15 is 0 Å². The molecule has 2 heterocycles. The Kier molecular flexibility index (Phi) is 5.43. The molecule has 1 aromatic carbocycles. The number of nitrogens with zero attached hydrogens (tertiary/aromatic N) is 2. The molecule has 1 N–H and O–H groups in total. The number of anilines is 1. The van der Waals surface area contributed by atoms with Gasteiger partial charge in [-0.25, -0.2) is 4.98 Å². The van der Waals surface area contributed by atoms with Crippen LogP contribution in [0.5, 0.6) is 5.75 Å². The Morgan fingerprint density at radius 3 is 2.96 bits per heavy atom. The number of halogens is 1. The number of carbonyl (C=O) groups excluding carboxylic acids is 2. The van der Waals surface area contributed by atoms with Gasteiger partial charge in [-0.15, -0.1) is 11.3 Å². The number of aromatic nitrogens is 2. The van der Waals surface area contributed by atoms with Crippen LogP contribution in [0.2, 0.25) is 5.02 Å². The van der Waals surface area contributed by atoms with Gasteiger partial charge in [0.1, 0.15) is 5.75 Å². The third kappa shape index (κ3) is 4.14. The number of thiazole rings is 1.